The Morgan fingerprint density at radius 3 is 2.85 bits per heavy atom. The Labute approximate surface area is 201 Å². The standard InChI is InChI=1S/C23H29BrN6O3/c1-3-28-21(32)19-20(29-11-5-10-25-23(28)29)27-22(26-16-6-4-7-17(16)31)30(19)13-14-8-9-18(33-2)15(24)12-14/h8-9,12,16-17,31H,3-7,10-11,13H2,1-2H3,(H,26,27)/t16-,17-/m1/s1. The highest BCUT2D eigenvalue weighted by Crippen LogP contribution is 2.35. The molecule has 176 valence electrons. The van der Waals surface area contributed by atoms with Gasteiger partial charge >= 0.3 is 0 Å². The predicted octanol–water partition coefficient (Wildman–Crippen LogP) is 3.07. The van der Waals surface area contributed by atoms with Crippen molar-refractivity contribution in [3.8, 4) is 5.75 Å². The first-order valence-electron chi connectivity index (χ1n) is 11.5. The van der Waals surface area contributed by atoms with Crippen molar-refractivity contribution < 1.29 is 14.6 Å². The first-order chi connectivity index (χ1) is 16.0. The number of benzene rings is 1. The minimum Gasteiger partial charge on any atom is -0.496 e. The second kappa shape index (κ2) is 8.98. The Bertz CT molecular complexity index is 1100. The maximum atomic E-state index is 13.6. The molecule has 10 heteroatoms. The van der Waals surface area contributed by atoms with Gasteiger partial charge in [-0.3, -0.25) is 24.2 Å². The van der Waals surface area contributed by atoms with E-state index in [0.717, 1.165) is 48.0 Å². The lowest BCUT2D eigenvalue weighted by atomic mass is 10.2. The third-order valence-electron chi connectivity index (χ3n) is 6.60. The van der Waals surface area contributed by atoms with E-state index in [-0.39, 0.29) is 11.9 Å². The number of halogens is 1. The van der Waals surface area contributed by atoms with Gasteiger partial charge in [0.2, 0.25) is 11.9 Å². The van der Waals surface area contributed by atoms with Crippen LogP contribution in [0.4, 0.5) is 11.8 Å². The summed E-state index contributed by atoms with van der Waals surface area (Å²) >= 11 is 3.56. The Hall–Kier alpha value is -2.59. The third-order valence-corrected chi connectivity index (χ3v) is 7.22. The molecule has 9 nitrogen and oxygen atoms in total. The number of aromatic nitrogens is 2. The molecule has 3 heterocycles. The molecule has 2 aromatic rings. The Morgan fingerprint density at radius 2 is 2.15 bits per heavy atom. The molecule has 2 atom stereocenters. The fourth-order valence-electron chi connectivity index (χ4n) is 4.90. The van der Waals surface area contributed by atoms with Crippen LogP contribution < -0.4 is 15.0 Å². The van der Waals surface area contributed by atoms with Gasteiger partial charge in [0, 0.05) is 19.6 Å². The van der Waals surface area contributed by atoms with Crippen molar-refractivity contribution in [1.29, 1.82) is 0 Å². The summed E-state index contributed by atoms with van der Waals surface area (Å²) in [4.78, 5) is 27.0. The lowest BCUT2D eigenvalue weighted by Crippen LogP contribution is -2.54. The van der Waals surface area contributed by atoms with Crippen LogP contribution in [0, 0.1) is 0 Å². The van der Waals surface area contributed by atoms with Crippen LogP contribution in [0.1, 0.15) is 48.7 Å². The van der Waals surface area contributed by atoms with Gasteiger partial charge in [-0.2, -0.15) is 4.98 Å². The number of imidazole rings is 1. The molecule has 2 aliphatic heterocycles. The van der Waals surface area contributed by atoms with E-state index in [4.69, 9.17) is 9.72 Å². The molecule has 1 aliphatic carbocycles. The number of nitrogens with one attached hydrogen (secondary N) is 1. The first-order valence-corrected chi connectivity index (χ1v) is 12.3. The van der Waals surface area contributed by atoms with E-state index in [1.807, 2.05) is 29.7 Å². The number of rotatable bonds is 6. The molecule has 0 spiro atoms. The zero-order valence-corrected chi connectivity index (χ0v) is 20.5. The molecule has 33 heavy (non-hydrogen) atoms. The van der Waals surface area contributed by atoms with E-state index in [2.05, 4.69) is 31.1 Å². The van der Waals surface area contributed by atoms with Crippen molar-refractivity contribution in [3.05, 3.63) is 33.9 Å². The summed E-state index contributed by atoms with van der Waals surface area (Å²) in [5.41, 5.74) is 1.56. The summed E-state index contributed by atoms with van der Waals surface area (Å²) in [6, 6.07) is 5.81. The number of hydrogen-bond acceptors (Lipinski definition) is 7. The van der Waals surface area contributed by atoms with Gasteiger partial charge in [0.15, 0.2) is 11.5 Å². The molecule has 3 aliphatic rings. The number of guanidine groups is 1. The van der Waals surface area contributed by atoms with Crippen LogP contribution in [0.5, 0.6) is 5.75 Å². The summed E-state index contributed by atoms with van der Waals surface area (Å²) in [7, 11) is 1.64. The minimum atomic E-state index is -0.419. The van der Waals surface area contributed by atoms with Gasteiger partial charge in [-0.15, -0.1) is 0 Å². The van der Waals surface area contributed by atoms with Gasteiger partial charge in [-0.1, -0.05) is 6.07 Å². The second-order valence-corrected chi connectivity index (χ2v) is 9.50. The number of methoxy groups -OCH3 is 1. The number of anilines is 2. The van der Waals surface area contributed by atoms with Gasteiger partial charge < -0.3 is 15.2 Å². The van der Waals surface area contributed by atoms with E-state index >= 15 is 0 Å². The van der Waals surface area contributed by atoms with E-state index in [0.29, 0.717) is 43.1 Å². The molecular weight excluding hydrogens is 488 g/mol. The highest BCUT2D eigenvalue weighted by molar-refractivity contribution is 9.10. The van der Waals surface area contributed by atoms with Crippen molar-refractivity contribution in [3.63, 3.8) is 0 Å². The molecule has 1 amide bonds. The quantitative estimate of drug-likeness (QED) is 0.612. The number of aliphatic hydroxyl groups is 1. The maximum absolute atomic E-state index is 13.6. The summed E-state index contributed by atoms with van der Waals surface area (Å²) in [5.74, 6) is 2.59. The molecule has 0 unspecified atom stereocenters. The molecule has 1 aromatic heterocycles. The van der Waals surface area contributed by atoms with Crippen LogP contribution >= 0.6 is 15.9 Å². The Morgan fingerprint density at radius 1 is 1.30 bits per heavy atom. The monoisotopic (exact) mass is 516 g/mol. The zero-order chi connectivity index (χ0) is 23.1. The number of aliphatic hydroxyl groups excluding tert-OH is 1. The fraction of sp³-hybridized carbons (Fsp3) is 0.522. The summed E-state index contributed by atoms with van der Waals surface area (Å²) < 4.78 is 8.17. The van der Waals surface area contributed by atoms with E-state index in [1.165, 1.54) is 0 Å². The zero-order valence-electron chi connectivity index (χ0n) is 18.9. The number of ether oxygens (including phenoxy) is 1. The van der Waals surface area contributed by atoms with Crippen LogP contribution in [0.3, 0.4) is 0 Å². The highest BCUT2D eigenvalue weighted by Gasteiger charge is 2.41. The molecule has 5 rings (SSSR count). The van der Waals surface area contributed by atoms with Gasteiger partial charge in [0.05, 0.1) is 30.3 Å². The molecular formula is C23H29BrN6O3. The number of carbonyl (C=O) groups is 1. The normalized spacial score (nSPS) is 22.2. The van der Waals surface area contributed by atoms with Gasteiger partial charge in [0.25, 0.3) is 5.91 Å². The molecule has 1 saturated carbocycles. The number of amides is 1. The second-order valence-electron chi connectivity index (χ2n) is 8.65. The lowest BCUT2D eigenvalue weighted by molar-refractivity contribution is 0.0834. The molecule has 2 N–H and O–H groups in total. The average molecular weight is 517 g/mol. The van der Waals surface area contributed by atoms with E-state index < -0.39 is 6.10 Å². The molecule has 1 aromatic carbocycles. The van der Waals surface area contributed by atoms with Crippen LogP contribution in [0.15, 0.2) is 27.7 Å². The Balaban J connectivity index is 1.60. The first kappa shape index (κ1) is 22.2. The highest BCUT2D eigenvalue weighted by atomic mass is 79.9. The lowest BCUT2D eigenvalue weighted by Gasteiger charge is -2.38. The van der Waals surface area contributed by atoms with Crippen LogP contribution in [-0.4, -0.2) is 70.3 Å². The fourth-order valence-corrected chi connectivity index (χ4v) is 5.49. The summed E-state index contributed by atoms with van der Waals surface area (Å²) in [6.45, 7) is 4.45. The van der Waals surface area contributed by atoms with E-state index in [1.54, 1.807) is 12.0 Å². The molecule has 0 radical (unpaired) electrons. The van der Waals surface area contributed by atoms with Crippen molar-refractivity contribution in [2.24, 2.45) is 4.99 Å². The maximum Gasteiger partial charge on any atom is 0.281 e. The largest absolute Gasteiger partial charge is 0.496 e. The smallest absolute Gasteiger partial charge is 0.281 e. The SMILES string of the molecule is CCN1C(=O)c2c(nc(N[C@@H]3CCC[C@H]3O)n2Cc2ccc(OC)c(Br)c2)N2CCCN=C12. The van der Waals surface area contributed by atoms with Crippen LogP contribution in [0.25, 0.3) is 0 Å². The van der Waals surface area contributed by atoms with Crippen LogP contribution in [-0.2, 0) is 6.54 Å². The number of nitrogens with zero attached hydrogens (tertiary/aromatic N) is 5. The van der Waals surface area contributed by atoms with Crippen molar-refractivity contribution in [1.82, 2.24) is 14.5 Å². The van der Waals surface area contributed by atoms with E-state index in [9.17, 15) is 9.90 Å². The van der Waals surface area contributed by atoms with Gasteiger partial charge in [-0.25, -0.2) is 0 Å². The number of aliphatic imine (C=N–C) groups is 1. The number of hydrogen-bond donors (Lipinski definition) is 2. The number of carbonyl (C=O) groups excluding carboxylic acids is 1. The molecule has 0 bridgehead atoms. The topological polar surface area (TPSA) is 95.2 Å². The molecule has 0 saturated heterocycles. The average Bonchev–Trinajstić information content (AvgIpc) is 3.38. The van der Waals surface area contributed by atoms with Crippen LogP contribution in [0.2, 0.25) is 0 Å². The van der Waals surface area contributed by atoms with Crippen molar-refractivity contribution in [2.45, 2.75) is 51.3 Å². The molecule has 1 fully saturated rings. The predicted molar refractivity (Wildman–Crippen MR) is 130 cm³/mol. The summed E-state index contributed by atoms with van der Waals surface area (Å²) in [5, 5.41) is 13.9. The number of fused-ring (bicyclic) bond motifs is 3. The third kappa shape index (κ3) is 3.89. The van der Waals surface area contributed by atoms with Crippen molar-refractivity contribution >= 4 is 39.6 Å². The Kier molecular flexibility index (Phi) is 6.05. The van der Waals surface area contributed by atoms with Crippen molar-refractivity contribution in [2.75, 3.05) is 37.0 Å². The van der Waals surface area contributed by atoms with Gasteiger partial charge in [-0.05, 0) is 66.2 Å². The summed E-state index contributed by atoms with van der Waals surface area (Å²) in [6.07, 6.45) is 3.11. The van der Waals surface area contributed by atoms with Gasteiger partial charge in [0.1, 0.15) is 5.75 Å². The minimum absolute atomic E-state index is 0.0814.